The molecule has 0 unspecified atom stereocenters. The molecule has 0 aliphatic rings. The van der Waals surface area contributed by atoms with Crippen LogP contribution in [-0.2, 0) is 17.6 Å². The summed E-state index contributed by atoms with van der Waals surface area (Å²) in [6.45, 7) is 5.03. The third-order valence-corrected chi connectivity index (χ3v) is 4.19. The topological polar surface area (TPSA) is 29.1 Å². The van der Waals surface area contributed by atoms with Crippen LogP contribution in [0.2, 0.25) is 5.02 Å². The predicted octanol–water partition coefficient (Wildman–Crippen LogP) is 4.75. The molecule has 1 N–H and O–H groups in total. The van der Waals surface area contributed by atoms with Crippen LogP contribution in [0.4, 0.5) is 0 Å². The number of rotatable bonds is 7. The third-order valence-electron chi connectivity index (χ3n) is 3.94. The minimum Gasteiger partial charge on any atom is -0.356 e. The van der Waals surface area contributed by atoms with Gasteiger partial charge in [-0.15, -0.1) is 0 Å². The molecule has 3 heteroatoms. The number of benzene rings is 2. The van der Waals surface area contributed by atoms with Gasteiger partial charge in [0.1, 0.15) is 0 Å². The molecule has 0 fully saturated rings. The molecule has 0 radical (unpaired) electrons. The van der Waals surface area contributed by atoms with E-state index in [9.17, 15) is 4.79 Å². The lowest BCUT2D eigenvalue weighted by Crippen LogP contribution is -2.25. The minimum absolute atomic E-state index is 0.104. The lowest BCUT2D eigenvalue weighted by atomic mass is 10.0. The van der Waals surface area contributed by atoms with E-state index in [1.807, 2.05) is 24.3 Å². The molecule has 0 heterocycles. The summed E-state index contributed by atoms with van der Waals surface area (Å²) >= 11 is 5.85. The van der Waals surface area contributed by atoms with Crippen molar-refractivity contribution in [1.29, 1.82) is 0 Å². The summed E-state index contributed by atoms with van der Waals surface area (Å²) in [7, 11) is 0. The second-order valence-corrected chi connectivity index (χ2v) is 6.56. The van der Waals surface area contributed by atoms with Crippen molar-refractivity contribution in [1.82, 2.24) is 5.32 Å². The maximum Gasteiger partial charge on any atom is 0.220 e. The van der Waals surface area contributed by atoms with Gasteiger partial charge < -0.3 is 5.32 Å². The fraction of sp³-hybridized carbons (Fsp3) is 0.350. The summed E-state index contributed by atoms with van der Waals surface area (Å²) in [5, 5.41) is 3.71. The Morgan fingerprint density at radius 1 is 0.957 bits per heavy atom. The molecule has 1 amide bonds. The van der Waals surface area contributed by atoms with E-state index in [-0.39, 0.29) is 5.91 Å². The van der Waals surface area contributed by atoms with E-state index in [0.717, 1.165) is 17.9 Å². The van der Waals surface area contributed by atoms with Crippen molar-refractivity contribution >= 4 is 17.5 Å². The van der Waals surface area contributed by atoms with E-state index in [4.69, 9.17) is 11.6 Å². The first-order chi connectivity index (χ1) is 11.0. The molecule has 0 aromatic heterocycles. The Hall–Kier alpha value is -1.80. The molecule has 2 aromatic rings. The molecule has 2 rings (SSSR count). The number of hydrogen-bond acceptors (Lipinski definition) is 1. The maximum absolute atomic E-state index is 11.9. The zero-order valence-electron chi connectivity index (χ0n) is 13.8. The number of aryl methyl sites for hydroxylation is 1. The highest BCUT2D eigenvalue weighted by Gasteiger charge is 2.03. The highest BCUT2D eigenvalue weighted by molar-refractivity contribution is 6.30. The molecule has 0 spiro atoms. The van der Waals surface area contributed by atoms with E-state index in [1.54, 1.807) is 0 Å². The highest BCUT2D eigenvalue weighted by Crippen LogP contribution is 2.15. The van der Waals surface area contributed by atoms with Crippen molar-refractivity contribution in [2.45, 2.75) is 39.0 Å². The van der Waals surface area contributed by atoms with Gasteiger partial charge in [0.2, 0.25) is 5.91 Å². The Bertz CT molecular complexity index is 617. The summed E-state index contributed by atoms with van der Waals surface area (Å²) in [5.74, 6) is 0.645. The summed E-state index contributed by atoms with van der Waals surface area (Å²) in [4.78, 5) is 11.9. The number of halogens is 1. The fourth-order valence-corrected chi connectivity index (χ4v) is 2.54. The number of nitrogens with one attached hydrogen (secondary N) is 1. The van der Waals surface area contributed by atoms with E-state index >= 15 is 0 Å². The Balaban J connectivity index is 1.69. The second kappa shape index (κ2) is 8.73. The summed E-state index contributed by atoms with van der Waals surface area (Å²) in [6, 6.07) is 16.3. The van der Waals surface area contributed by atoms with Crippen molar-refractivity contribution in [3.8, 4) is 0 Å². The van der Waals surface area contributed by atoms with Crippen LogP contribution in [0.15, 0.2) is 48.5 Å². The number of carbonyl (C=O) groups excluding carboxylic acids is 1. The molecule has 0 atom stereocenters. The second-order valence-electron chi connectivity index (χ2n) is 6.12. The first-order valence-electron chi connectivity index (χ1n) is 8.14. The van der Waals surface area contributed by atoms with Gasteiger partial charge in [-0.25, -0.2) is 0 Å². The number of hydrogen-bond donors (Lipinski definition) is 1. The van der Waals surface area contributed by atoms with Crippen molar-refractivity contribution in [2.75, 3.05) is 6.54 Å². The molecule has 0 bridgehead atoms. The zero-order valence-corrected chi connectivity index (χ0v) is 14.6. The zero-order chi connectivity index (χ0) is 16.7. The van der Waals surface area contributed by atoms with Crippen LogP contribution in [0.3, 0.4) is 0 Å². The van der Waals surface area contributed by atoms with Gasteiger partial charge in [0.05, 0.1) is 0 Å². The van der Waals surface area contributed by atoms with Crippen LogP contribution in [-0.4, -0.2) is 12.5 Å². The number of amides is 1. The molecule has 2 aromatic carbocycles. The lowest BCUT2D eigenvalue weighted by Gasteiger charge is -2.08. The molecule has 23 heavy (non-hydrogen) atoms. The van der Waals surface area contributed by atoms with Crippen LogP contribution < -0.4 is 5.32 Å². The Morgan fingerprint density at radius 3 is 2.13 bits per heavy atom. The van der Waals surface area contributed by atoms with Crippen LogP contribution in [0, 0.1) is 0 Å². The molecule has 122 valence electrons. The molecule has 0 saturated carbocycles. The van der Waals surface area contributed by atoms with Gasteiger partial charge >= 0.3 is 0 Å². The van der Waals surface area contributed by atoms with Crippen LogP contribution in [0.5, 0.6) is 0 Å². The Kier molecular flexibility index (Phi) is 6.66. The highest BCUT2D eigenvalue weighted by atomic mass is 35.5. The molecule has 0 aliphatic carbocycles. The smallest absolute Gasteiger partial charge is 0.220 e. The predicted molar refractivity (Wildman–Crippen MR) is 97.0 cm³/mol. The Morgan fingerprint density at radius 2 is 1.52 bits per heavy atom. The normalized spacial score (nSPS) is 10.8. The van der Waals surface area contributed by atoms with Crippen molar-refractivity contribution in [3.05, 3.63) is 70.2 Å². The quantitative estimate of drug-likeness (QED) is 0.780. The van der Waals surface area contributed by atoms with E-state index < -0.39 is 0 Å². The van der Waals surface area contributed by atoms with Gasteiger partial charge in [-0.1, -0.05) is 61.8 Å². The fourth-order valence-electron chi connectivity index (χ4n) is 2.41. The van der Waals surface area contributed by atoms with Crippen molar-refractivity contribution in [3.63, 3.8) is 0 Å². The third kappa shape index (κ3) is 6.07. The average molecular weight is 330 g/mol. The van der Waals surface area contributed by atoms with Crippen molar-refractivity contribution in [2.24, 2.45) is 0 Å². The van der Waals surface area contributed by atoms with Gasteiger partial charge in [-0.05, 0) is 47.6 Å². The summed E-state index contributed by atoms with van der Waals surface area (Å²) in [6.07, 6.45) is 2.14. The van der Waals surface area contributed by atoms with E-state index in [0.29, 0.717) is 18.9 Å². The summed E-state index contributed by atoms with van der Waals surface area (Å²) < 4.78 is 0. The first kappa shape index (κ1) is 17.6. The molecule has 0 aliphatic heterocycles. The largest absolute Gasteiger partial charge is 0.356 e. The number of carbonyl (C=O) groups is 1. The Labute approximate surface area is 143 Å². The van der Waals surface area contributed by atoms with Gasteiger partial charge in [0.15, 0.2) is 0 Å². The van der Waals surface area contributed by atoms with Crippen LogP contribution in [0.1, 0.15) is 42.9 Å². The van der Waals surface area contributed by atoms with E-state index in [1.165, 1.54) is 16.7 Å². The SMILES string of the molecule is CC(C)c1ccc(CCC(=O)NCCc2ccc(Cl)cc2)cc1. The molecule has 0 saturated heterocycles. The molecular formula is C20H24ClNO. The van der Waals surface area contributed by atoms with E-state index in [2.05, 4.69) is 43.4 Å². The standard InChI is InChI=1S/C20H24ClNO/c1-15(2)18-8-3-16(4-9-18)7-12-20(23)22-14-13-17-5-10-19(21)11-6-17/h3-6,8-11,15H,7,12-14H2,1-2H3,(H,22,23). The summed E-state index contributed by atoms with van der Waals surface area (Å²) in [5.41, 5.74) is 3.72. The monoisotopic (exact) mass is 329 g/mol. The first-order valence-corrected chi connectivity index (χ1v) is 8.52. The average Bonchev–Trinajstić information content (AvgIpc) is 2.55. The van der Waals surface area contributed by atoms with Gasteiger partial charge in [-0.3, -0.25) is 4.79 Å². The molecular weight excluding hydrogens is 306 g/mol. The minimum atomic E-state index is 0.104. The van der Waals surface area contributed by atoms with Crippen LogP contribution >= 0.6 is 11.6 Å². The van der Waals surface area contributed by atoms with Gasteiger partial charge in [0, 0.05) is 18.0 Å². The van der Waals surface area contributed by atoms with Crippen LogP contribution in [0.25, 0.3) is 0 Å². The van der Waals surface area contributed by atoms with Gasteiger partial charge in [-0.2, -0.15) is 0 Å². The van der Waals surface area contributed by atoms with Gasteiger partial charge in [0.25, 0.3) is 0 Å². The lowest BCUT2D eigenvalue weighted by molar-refractivity contribution is -0.121. The maximum atomic E-state index is 11.9. The molecule has 2 nitrogen and oxygen atoms in total. The van der Waals surface area contributed by atoms with Crippen molar-refractivity contribution < 1.29 is 4.79 Å².